The van der Waals surface area contributed by atoms with E-state index in [0.717, 1.165) is 65.6 Å². The molecule has 1 saturated carbocycles. The highest BCUT2D eigenvalue weighted by Gasteiger charge is 2.24. The minimum Gasteiger partial charge on any atom is -0.481 e. The van der Waals surface area contributed by atoms with Gasteiger partial charge in [0.05, 0.1) is 17.1 Å². The Balaban J connectivity index is 1.27. The van der Waals surface area contributed by atoms with Gasteiger partial charge in [-0.1, -0.05) is 30.3 Å². The third-order valence-electron chi connectivity index (χ3n) is 6.74. The average Bonchev–Trinajstić information content (AvgIpc) is 3.23. The highest BCUT2D eigenvalue weighted by Crippen LogP contribution is 2.37. The summed E-state index contributed by atoms with van der Waals surface area (Å²) in [5.41, 5.74) is 5.11. The maximum atomic E-state index is 10.9. The minimum atomic E-state index is -0.675. The fourth-order valence-electron chi connectivity index (χ4n) is 4.88. The van der Waals surface area contributed by atoms with Gasteiger partial charge in [0.25, 0.3) is 0 Å². The van der Waals surface area contributed by atoms with E-state index < -0.39 is 5.97 Å². The van der Waals surface area contributed by atoms with Crippen molar-refractivity contribution in [3.63, 3.8) is 0 Å². The summed E-state index contributed by atoms with van der Waals surface area (Å²) < 4.78 is 0. The normalized spacial score (nSPS) is 22.5. The fraction of sp³-hybridized carbons (Fsp3) is 0.385. The Morgan fingerprint density at radius 2 is 1.81 bits per heavy atom. The van der Waals surface area contributed by atoms with Crippen LogP contribution in [0.2, 0.25) is 0 Å². The molecule has 0 bridgehead atoms. The van der Waals surface area contributed by atoms with Crippen molar-refractivity contribution < 1.29 is 9.90 Å². The smallest absolute Gasteiger partial charge is 0.303 e. The molecule has 5 rings (SSSR count). The summed E-state index contributed by atoms with van der Waals surface area (Å²) in [5.74, 6) is 0.989. The molecular weight excluding hydrogens is 400 g/mol. The van der Waals surface area contributed by atoms with Gasteiger partial charge in [0.1, 0.15) is 5.82 Å². The quantitative estimate of drug-likeness (QED) is 0.641. The van der Waals surface area contributed by atoms with Gasteiger partial charge < -0.3 is 10.1 Å². The minimum absolute atomic E-state index is 0.280. The number of nitrogens with one attached hydrogen (secondary N) is 1. The molecule has 6 heteroatoms. The highest BCUT2D eigenvalue weighted by molar-refractivity contribution is 5.67. The van der Waals surface area contributed by atoms with Crippen LogP contribution in [0.5, 0.6) is 0 Å². The molecule has 3 aromatic rings. The summed E-state index contributed by atoms with van der Waals surface area (Å²) in [4.78, 5) is 28.2. The van der Waals surface area contributed by atoms with Gasteiger partial charge in [0.2, 0.25) is 0 Å². The van der Waals surface area contributed by atoms with E-state index in [-0.39, 0.29) is 6.04 Å². The molecule has 0 amide bonds. The van der Waals surface area contributed by atoms with Crippen molar-refractivity contribution >= 4 is 12.0 Å². The number of carboxylic acid groups (broad SMARTS) is 1. The summed E-state index contributed by atoms with van der Waals surface area (Å²) in [7, 11) is 0. The second kappa shape index (κ2) is 8.69. The monoisotopic (exact) mass is 428 g/mol. The van der Waals surface area contributed by atoms with Gasteiger partial charge in [-0.05, 0) is 68.6 Å². The predicted molar refractivity (Wildman–Crippen MR) is 124 cm³/mol. The number of rotatable bonds is 5. The number of aliphatic carboxylic acids is 1. The second-order valence-electron chi connectivity index (χ2n) is 9.11. The number of nitrogens with zero attached hydrogens (tertiary/aromatic N) is 3. The maximum Gasteiger partial charge on any atom is 0.303 e. The number of pyridine rings is 1. The van der Waals surface area contributed by atoms with Crippen LogP contribution in [0.15, 0.2) is 47.6 Å². The van der Waals surface area contributed by atoms with E-state index in [2.05, 4.69) is 57.2 Å². The van der Waals surface area contributed by atoms with Gasteiger partial charge in [0.15, 0.2) is 5.49 Å². The Morgan fingerprint density at radius 3 is 2.50 bits per heavy atom. The van der Waals surface area contributed by atoms with Gasteiger partial charge in [-0.2, -0.15) is 0 Å². The fourth-order valence-corrected chi connectivity index (χ4v) is 4.88. The number of benzene rings is 1. The zero-order chi connectivity index (χ0) is 22.1. The number of H-pyrrole nitrogens is 1. The third kappa shape index (κ3) is 4.35. The van der Waals surface area contributed by atoms with Crippen LogP contribution in [0.1, 0.15) is 56.9 Å². The van der Waals surface area contributed by atoms with Crippen molar-refractivity contribution in [1.82, 2.24) is 15.0 Å². The number of carbonyl (C=O) groups is 1. The first-order valence-corrected chi connectivity index (χ1v) is 11.5. The zero-order valence-corrected chi connectivity index (χ0v) is 18.3. The Morgan fingerprint density at radius 1 is 1.06 bits per heavy atom. The maximum absolute atomic E-state index is 10.9. The van der Waals surface area contributed by atoms with Gasteiger partial charge in [-0.15, -0.1) is 0 Å². The number of hydrogen-bond donors (Lipinski definition) is 2. The number of fused-ring (bicyclic) bond motifs is 1. The lowest BCUT2D eigenvalue weighted by atomic mass is 9.77. The topological polar surface area (TPSA) is 91.2 Å². The molecule has 32 heavy (non-hydrogen) atoms. The summed E-state index contributed by atoms with van der Waals surface area (Å²) in [6.07, 6.45) is 9.40. The standard InChI is InChI=1S/C26H28N4O2/c1-16-2-12-23-26(28-16)30-25(29-23)21-11-13-22(27-15-21)20-9-7-19(8-10-20)18-5-3-17(4-6-18)14-24(31)32/h7-13,15-18H,2-6,14H2,1H3,(H,31,32)(H,28,29,30). The molecule has 2 N–H and O–H groups in total. The molecule has 1 fully saturated rings. The summed E-state index contributed by atoms with van der Waals surface area (Å²) in [5, 5.41) is 10.00. The summed E-state index contributed by atoms with van der Waals surface area (Å²) >= 11 is 0. The summed E-state index contributed by atoms with van der Waals surface area (Å²) in [6.45, 7) is 2.10. The lowest BCUT2D eigenvalue weighted by Crippen LogP contribution is -2.30. The van der Waals surface area contributed by atoms with E-state index >= 15 is 0 Å². The van der Waals surface area contributed by atoms with Crippen LogP contribution in [0, 0.1) is 5.92 Å². The van der Waals surface area contributed by atoms with Crippen molar-refractivity contribution in [3.8, 4) is 22.6 Å². The first kappa shape index (κ1) is 20.6. The second-order valence-corrected chi connectivity index (χ2v) is 9.11. The third-order valence-corrected chi connectivity index (χ3v) is 6.74. The molecule has 3 heterocycles. The Bertz CT molecular complexity index is 1220. The van der Waals surface area contributed by atoms with Crippen molar-refractivity contribution in [3.05, 3.63) is 59.0 Å². The number of aromatic nitrogens is 3. The van der Waals surface area contributed by atoms with Gasteiger partial charge in [0, 0.05) is 23.7 Å². The molecule has 164 valence electrons. The van der Waals surface area contributed by atoms with Crippen molar-refractivity contribution in [2.45, 2.75) is 57.4 Å². The van der Waals surface area contributed by atoms with E-state index in [0.29, 0.717) is 18.3 Å². The Hall–Kier alpha value is -3.28. The molecule has 2 aliphatic rings. The first-order valence-electron chi connectivity index (χ1n) is 11.5. The predicted octanol–water partition coefficient (Wildman–Crippen LogP) is 4.08. The largest absolute Gasteiger partial charge is 0.481 e. The number of carboxylic acids is 1. The molecule has 1 aliphatic carbocycles. The molecule has 1 aromatic carbocycles. The molecule has 0 spiro atoms. The van der Waals surface area contributed by atoms with E-state index in [9.17, 15) is 4.79 Å². The van der Waals surface area contributed by atoms with E-state index in [4.69, 9.17) is 5.11 Å². The van der Waals surface area contributed by atoms with Crippen LogP contribution in [-0.2, 0) is 4.79 Å². The lowest BCUT2D eigenvalue weighted by molar-refractivity contribution is -0.138. The number of aromatic amines is 1. The van der Waals surface area contributed by atoms with Crippen LogP contribution in [0.3, 0.4) is 0 Å². The summed E-state index contributed by atoms with van der Waals surface area (Å²) in [6, 6.07) is 13.0. The molecule has 0 radical (unpaired) electrons. The lowest BCUT2D eigenvalue weighted by Gasteiger charge is -2.28. The van der Waals surface area contributed by atoms with Crippen molar-refractivity contribution in [2.24, 2.45) is 10.9 Å². The Labute approximate surface area is 187 Å². The van der Waals surface area contributed by atoms with Gasteiger partial charge >= 0.3 is 5.97 Å². The van der Waals surface area contributed by atoms with Crippen LogP contribution < -0.4 is 10.8 Å². The van der Waals surface area contributed by atoms with Crippen LogP contribution in [-0.4, -0.2) is 32.1 Å². The van der Waals surface area contributed by atoms with Crippen LogP contribution in [0.25, 0.3) is 28.7 Å². The van der Waals surface area contributed by atoms with Crippen molar-refractivity contribution in [2.75, 3.05) is 0 Å². The number of hydrogen-bond acceptors (Lipinski definition) is 4. The van der Waals surface area contributed by atoms with Crippen LogP contribution in [0.4, 0.5) is 0 Å². The van der Waals surface area contributed by atoms with E-state index in [1.807, 2.05) is 18.3 Å². The first-order chi connectivity index (χ1) is 15.5. The highest BCUT2D eigenvalue weighted by atomic mass is 16.4. The Kier molecular flexibility index (Phi) is 5.60. The molecule has 6 nitrogen and oxygen atoms in total. The van der Waals surface area contributed by atoms with Gasteiger partial charge in [-0.3, -0.25) is 14.8 Å². The zero-order valence-electron chi connectivity index (χ0n) is 18.3. The van der Waals surface area contributed by atoms with Gasteiger partial charge in [-0.25, -0.2) is 4.98 Å². The average molecular weight is 429 g/mol. The molecule has 1 aliphatic heterocycles. The van der Waals surface area contributed by atoms with Crippen molar-refractivity contribution in [1.29, 1.82) is 0 Å². The SMILES string of the molecule is CC1CC=c2[nH]c(-c3ccc(-c4ccc(C5CCC(CC(=O)O)CC5)cc4)nc3)nc2=N1. The molecule has 0 saturated heterocycles. The molecule has 1 atom stereocenters. The molecule has 2 aromatic heterocycles. The van der Waals surface area contributed by atoms with E-state index in [1.165, 1.54) is 5.56 Å². The molecule has 1 unspecified atom stereocenters. The van der Waals surface area contributed by atoms with Crippen LogP contribution >= 0.6 is 0 Å². The molecular formula is C26H28N4O2. The number of imidazole rings is 1. The van der Waals surface area contributed by atoms with E-state index in [1.54, 1.807) is 0 Å².